The Hall–Kier alpha value is -3.53. The SMILES string of the molecule is Cc1ccc(C2CN(c3cc(C)c4c(=O)c(C(=O)O)cn(-c5ncns5)c4n3)C2)[nH]1. The van der Waals surface area contributed by atoms with Gasteiger partial charge in [-0.05, 0) is 37.6 Å². The summed E-state index contributed by atoms with van der Waals surface area (Å²) in [5, 5.41) is 10.2. The molecule has 2 N–H and O–H groups in total. The number of hydrogen-bond acceptors (Lipinski definition) is 7. The second-order valence-electron chi connectivity index (χ2n) is 7.47. The van der Waals surface area contributed by atoms with Crippen molar-refractivity contribution < 1.29 is 9.90 Å². The maximum Gasteiger partial charge on any atom is 0.341 e. The Morgan fingerprint density at radius 3 is 2.73 bits per heavy atom. The summed E-state index contributed by atoms with van der Waals surface area (Å²) in [5.41, 5.74) is 2.55. The third-order valence-corrected chi connectivity index (χ3v) is 6.09. The third kappa shape index (κ3) is 2.88. The first-order valence-corrected chi connectivity index (χ1v) is 10.2. The molecule has 1 saturated heterocycles. The third-order valence-electron chi connectivity index (χ3n) is 5.43. The molecule has 0 amide bonds. The fourth-order valence-electron chi connectivity index (χ4n) is 3.84. The van der Waals surface area contributed by atoms with Crippen molar-refractivity contribution in [3.8, 4) is 5.13 Å². The number of rotatable bonds is 4. The van der Waals surface area contributed by atoms with Crippen molar-refractivity contribution in [2.75, 3.05) is 18.0 Å². The first kappa shape index (κ1) is 18.5. The van der Waals surface area contributed by atoms with E-state index >= 15 is 0 Å². The van der Waals surface area contributed by atoms with Crippen LogP contribution < -0.4 is 10.3 Å². The minimum atomic E-state index is -1.28. The predicted octanol–water partition coefficient (Wildman–Crippen LogP) is 2.48. The highest BCUT2D eigenvalue weighted by atomic mass is 32.1. The van der Waals surface area contributed by atoms with Gasteiger partial charge in [-0.15, -0.1) is 0 Å². The number of carboxylic acids is 1. The molecule has 5 heterocycles. The van der Waals surface area contributed by atoms with Crippen LogP contribution in [-0.4, -0.2) is 48.1 Å². The Labute approximate surface area is 174 Å². The van der Waals surface area contributed by atoms with E-state index in [1.807, 2.05) is 13.0 Å². The number of carbonyl (C=O) groups is 1. The average molecular weight is 422 g/mol. The Morgan fingerprint density at radius 1 is 1.30 bits per heavy atom. The molecule has 1 aliphatic heterocycles. The molecule has 152 valence electrons. The summed E-state index contributed by atoms with van der Waals surface area (Å²) in [6, 6.07) is 6.02. The highest BCUT2D eigenvalue weighted by Gasteiger charge is 2.31. The van der Waals surface area contributed by atoms with Gasteiger partial charge in [-0.25, -0.2) is 14.8 Å². The largest absolute Gasteiger partial charge is 0.477 e. The van der Waals surface area contributed by atoms with Gasteiger partial charge >= 0.3 is 5.97 Å². The lowest BCUT2D eigenvalue weighted by Crippen LogP contribution is -2.45. The second-order valence-corrected chi connectivity index (χ2v) is 8.22. The minimum Gasteiger partial charge on any atom is -0.477 e. The molecule has 30 heavy (non-hydrogen) atoms. The molecule has 1 aliphatic rings. The molecular weight excluding hydrogens is 404 g/mol. The molecule has 4 aromatic rings. The van der Waals surface area contributed by atoms with Gasteiger partial charge in [0.05, 0.1) is 5.39 Å². The molecule has 0 bridgehead atoms. The summed E-state index contributed by atoms with van der Waals surface area (Å²) in [6.07, 6.45) is 2.67. The van der Waals surface area contributed by atoms with Crippen molar-refractivity contribution in [1.29, 1.82) is 0 Å². The molecule has 1 fully saturated rings. The lowest BCUT2D eigenvalue weighted by Gasteiger charge is -2.40. The molecule has 10 heteroatoms. The van der Waals surface area contributed by atoms with Gasteiger partial charge in [0, 0.05) is 48.1 Å². The van der Waals surface area contributed by atoms with Gasteiger partial charge in [-0.1, -0.05) is 0 Å². The fraction of sp³-hybridized carbons (Fsp3) is 0.250. The minimum absolute atomic E-state index is 0.283. The molecule has 0 aliphatic carbocycles. The van der Waals surface area contributed by atoms with Crippen molar-refractivity contribution in [1.82, 2.24) is 23.9 Å². The number of pyridine rings is 2. The Morgan fingerprint density at radius 2 is 2.10 bits per heavy atom. The number of aromatic amines is 1. The molecule has 0 unspecified atom stereocenters. The second kappa shape index (κ2) is 6.77. The Balaban J connectivity index is 1.61. The summed E-state index contributed by atoms with van der Waals surface area (Å²) < 4.78 is 5.54. The van der Waals surface area contributed by atoms with Gasteiger partial charge in [0.2, 0.25) is 10.6 Å². The number of H-pyrrole nitrogens is 1. The first-order chi connectivity index (χ1) is 14.4. The molecule has 0 radical (unpaired) electrons. The van der Waals surface area contributed by atoms with Gasteiger partial charge in [0.15, 0.2) is 5.65 Å². The molecule has 0 saturated carbocycles. The van der Waals surface area contributed by atoms with Gasteiger partial charge in [0.1, 0.15) is 17.7 Å². The Bertz CT molecular complexity index is 1330. The van der Waals surface area contributed by atoms with Gasteiger partial charge in [-0.2, -0.15) is 4.37 Å². The fourth-order valence-corrected chi connectivity index (χ4v) is 4.35. The van der Waals surface area contributed by atoms with Gasteiger partial charge in [-0.3, -0.25) is 9.36 Å². The van der Waals surface area contributed by atoms with Crippen molar-refractivity contribution in [3.63, 3.8) is 0 Å². The number of hydrogen-bond donors (Lipinski definition) is 2. The van der Waals surface area contributed by atoms with Crippen LogP contribution in [-0.2, 0) is 0 Å². The zero-order valence-electron chi connectivity index (χ0n) is 16.3. The summed E-state index contributed by atoms with van der Waals surface area (Å²) in [7, 11) is 0. The number of anilines is 1. The van der Waals surface area contributed by atoms with E-state index in [-0.39, 0.29) is 10.9 Å². The number of nitrogens with zero attached hydrogens (tertiary/aromatic N) is 5. The van der Waals surface area contributed by atoms with Crippen LogP contribution in [0.1, 0.15) is 33.2 Å². The van der Waals surface area contributed by atoms with Crippen LogP contribution in [0.3, 0.4) is 0 Å². The monoisotopic (exact) mass is 422 g/mol. The number of aromatic nitrogens is 5. The van der Waals surface area contributed by atoms with Crippen LogP contribution in [0.15, 0.2) is 35.5 Å². The topological polar surface area (TPSA) is 117 Å². The highest BCUT2D eigenvalue weighted by molar-refractivity contribution is 7.08. The number of aromatic carboxylic acids is 1. The maximum atomic E-state index is 12.8. The lowest BCUT2D eigenvalue weighted by molar-refractivity contribution is 0.0695. The van der Waals surface area contributed by atoms with E-state index < -0.39 is 11.4 Å². The smallest absolute Gasteiger partial charge is 0.341 e. The van der Waals surface area contributed by atoms with E-state index in [1.54, 1.807) is 11.5 Å². The van der Waals surface area contributed by atoms with Crippen LogP contribution in [0.5, 0.6) is 0 Å². The van der Waals surface area contributed by atoms with Crippen LogP contribution in [0, 0.1) is 13.8 Å². The highest BCUT2D eigenvalue weighted by Crippen LogP contribution is 2.32. The van der Waals surface area contributed by atoms with E-state index in [1.165, 1.54) is 18.2 Å². The predicted molar refractivity (Wildman–Crippen MR) is 113 cm³/mol. The van der Waals surface area contributed by atoms with Crippen molar-refractivity contribution in [2.45, 2.75) is 19.8 Å². The summed E-state index contributed by atoms with van der Waals surface area (Å²) in [4.78, 5) is 38.9. The summed E-state index contributed by atoms with van der Waals surface area (Å²) in [5.74, 6) is -0.132. The quantitative estimate of drug-likeness (QED) is 0.519. The van der Waals surface area contributed by atoms with Crippen molar-refractivity contribution >= 4 is 34.4 Å². The van der Waals surface area contributed by atoms with E-state index in [0.29, 0.717) is 22.3 Å². The molecule has 0 atom stereocenters. The van der Waals surface area contributed by atoms with E-state index in [0.717, 1.165) is 36.1 Å². The molecule has 4 aromatic heterocycles. The number of carboxylic acid groups (broad SMARTS) is 1. The van der Waals surface area contributed by atoms with E-state index in [4.69, 9.17) is 4.98 Å². The van der Waals surface area contributed by atoms with Crippen LogP contribution in [0.2, 0.25) is 0 Å². The molecule has 0 aromatic carbocycles. The van der Waals surface area contributed by atoms with Gasteiger partial charge in [0.25, 0.3) is 0 Å². The Kier molecular flexibility index (Phi) is 4.17. The summed E-state index contributed by atoms with van der Waals surface area (Å²) in [6.45, 7) is 5.46. The molecular formula is C20H18N6O3S. The van der Waals surface area contributed by atoms with Crippen LogP contribution in [0.25, 0.3) is 16.2 Å². The molecule has 5 rings (SSSR count). The van der Waals surface area contributed by atoms with Crippen LogP contribution >= 0.6 is 11.5 Å². The lowest BCUT2D eigenvalue weighted by atomic mass is 9.96. The van der Waals surface area contributed by atoms with Gasteiger partial charge < -0.3 is 15.0 Å². The van der Waals surface area contributed by atoms with Crippen LogP contribution in [0.4, 0.5) is 5.82 Å². The standard InChI is InChI=1S/C20H18N6O3S/c1-10-5-15(25-6-12(7-25)14-4-3-11(2)23-14)24-18-16(10)17(27)13(19(28)29)8-26(18)20-21-9-22-30-20/h3-5,8-9,12,23H,6-7H2,1-2H3,(H,28,29). The zero-order valence-corrected chi connectivity index (χ0v) is 17.1. The molecule has 0 spiro atoms. The van der Waals surface area contributed by atoms with E-state index in [2.05, 4.69) is 31.4 Å². The van der Waals surface area contributed by atoms with Crippen molar-refractivity contribution in [2.24, 2.45) is 0 Å². The normalized spacial score (nSPS) is 14.3. The summed E-state index contributed by atoms with van der Waals surface area (Å²) >= 11 is 1.11. The first-order valence-electron chi connectivity index (χ1n) is 9.40. The number of nitrogens with one attached hydrogen (secondary N) is 1. The maximum absolute atomic E-state index is 12.8. The number of fused-ring (bicyclic) bond motifs is 1. The van der Waals surface area contributed by atoms with E-state index in [9.17, 15) is 14.7 Å². The molecule has 9 nitrogen and oxygen atoms in total. The zero-order chi connectivity index (χ0) is 21.0. The average Bonchev–Trinajstić information content (AvgIpc) is 3.32. The number of aryl methyl sites for hydroxylation is 2. The van der Waals surface area contributed by atoms with Crippen molar-refractivity contribution in [3.05, 3.63) is 63.5 Å².